The first-order valence-electron chi connectivity index (χ1n) is 11.2. The van der Waals surface area contributed by atoms with Gasteiger partial charge in [0.1, 0.15) is 23.6 Å². The summed E-state index contributed by atoms with van der Waals surface area (Å²) in [6, 6.07) is 15.3. The largest absolute Gasteiger partial charge is 0.496 e. The number of carbonyl (C=O) groups is 1. The van der Waals surface area contributed by atoms with Crippen molar-refractivity contribution in [2.75, 3.05) is 26.1 Å². The molecule has 1 aliphatic rings. The Morgan fingerprint density at radius 2 is 1.91 bits per heavy atom. The van der Waals surface area contributed by atoms with E-state index in [0.29, 0.717) is 36.9 Å². The van der Waals surface area contributed by atoms with Crippen LogP contribution in [-0.4, -0.2) is 46.0 Å². The highest BCUT2D eigenvalue weighted by Crippen LogP contribution is 2.33. The predicted octanol–water partition coefficient (Wildman–Crippen LogP) is 3.37. The Morgan fingerprint density at radius 1 is 1.15 bits per heavy atom. The number of nitrogens with zero attached hydrogens (tertiary/aromatic N) is 4. The highest BCUT2D eigenvalue weighted by atomic mass is 16.5. The summed E-state index contributed by atoms with van der Waals surface area (Å²) in [6.07, 6.45) is 3.24. The topological polar surface area (TPSA) is 117 Å². The molecule has 3 heterocycles. The summed E-state index contributed by atoms with van der Waals surface area (Å²) < 4.78 is 12.7. The van der Waals surface area contributed by atoms with Crippen molar-refractivity contribution in [2.45, 2.75) is 25.4 Å². The van der Waals surface area contributed by atoms with Gasteiger partial charge in [0.15, 0.2) is 5.65 Å². The Labute approximate surface area is 196 Å². The lowest BCUT2D eigenvalue weighted by molar-refractivity contribution is 0.0674. The molecule has 0 bridgehead atoms. The molecule has 9 heteroatoms. The Balaban J connectivity index is 1.38. The van der Waals surface area contributed by atoms with Crippen LogP contribution in [0.2, 0.25) is 0 Å². The van der Waals surface area contributed by atoms with Crippen molar-refractivity contribution in [3.8, 4) is 17.0 Å². The fraction of sp³-hybridized carbons (Fsp3) is 0.280. The molecule has 174 valence electrons. The maximum atomic E-state index is 12.6. The van der Waals surface area contributed by atoms with Crippen molar-refractivity contribution < 1.29 is 14.3 Å². The van der Waals surface area contributed by atoms with Gasteiger partial charge in [0.2, 0.25) is 0 Å². The third kappa shape index (κ3) is 4.17. The minimum Gasteiger partial charge on any atom is -0.496 e. The van der Waals surface area contributed by atoms with Crippen LogP contribution < -0.4 is 15.8 Å². The average Bonchev–Trinajstić information content (AvgIpc) is 3.29. The maximum absolute atomic E-state index is 12.6. The molecule has 3 N–H and O–H groups in total. The van der Waals surface area contributed by atoms with Crippen molar-refractivity contribution in [1.29, 1.82) is 0 Å². The van der Waals surface area contributed by atoms with E-state index < -0.39 is 0 Å². The molecule has 4 aromatic rings. The van der Waals surface area contributed by atoms with E-state index in [0.717, 1.165) is 40.7 Å². The van der Waals surface area contributed by atoms with Gasteiger partial charge in [-0.3, -0.25) is 4.79 Å². The molecule has 5 rings (SSSR count). The zero-order valence-corrected chi connectivity index (χ0v) is 18.9. The van der Waals surface area contributed by atoms with E-state index in [-0.39, 0.29) is 11.9 Å². The van der Waals surface area contributed by atoms with Gasteiger partial charge in [-0.2, -0.15) is 5.10 Å². The fourth-order valence-corrected chi connectivity index (χ4v) is 4.27. The number of aromatic nitrogens is 4. The van der Waals surface area contributed by atoms with Crippen LogP contribution in [0.3, 0.4) is 0 Å². The zero-order chi connectivity index (χ0) is 23.5. The summed E-state index contributed by atoms with van der Waals surface area (Å²) in [4.78, 5) is 21.3. The number of fused-ring (bicyclic) bond motifs is 1. The molecule has 0 spiro atoms. The number of rotatable bonds is 6. The zero-order valence-electron chi connectivity index (χ0n) is 18.9. The lowest BCUT2D eigenvalue weighted by Crippen LogP contribution is -2.23. The number of amides is 1. The van der Waals surface area contributed by atoms with Gasteiger partial charge in [0, 0.05) is 25.3 Å². The summed E-state index contributed by atoms with van der Waals surface area (Å²) >= 11 is 0. The second-order valence-electron chi connectivity index (χ2n) is 8.17. The normalized spacial score (nSPS) is 14.3. The van der Waals surface area contributed by atoms with Gasteiger partial charge in [-0.25, -0.2) is 14.6 Å². The van der Waals surface area contributed by atoms with Crippen molar-refractivity contribution >= 4 is 22.8 Å². The van der Waals surface area contributed by atoms with Crippen molar-refractivity contribution in [1.82, 2.24) is 25.1 Å². The van der Waals surface area contributed by atoms with Gasteiger partial charge < -0.3 is 20.5 Å². The quantitative estimate of drug-likeness (QED) is 0.455. The number of benzene rings is 2. The van der Waals surface area contributed by atoms with E-state index in [2.05, 4.69) is 15.3 Å². The van der Waals surface area contributed by atoms with Crippen LogP contribution in [0.15, 0.2) is 54.9 Å². The number of hydrogen-bond donors (Lipinski definition) is 2. The molecule has 1 amide bonds. The molecule has 2 aromatic carbocycles. The van der Waals surface area contributed by atoms with Crippen LogP contribution in [-0.2, 0) is 11.3 Å². The van der Waals surface area contributed by atoms with E-state index in [1.54, 1.807) is 19.2 Å². The molecule has 34 heavy (non-hydrogen) atoms. The van der Waals surface area contributed by atoms with Crippen LogP contribution in [0, 0.1) is 0 Å². The molecular formula is C25H26N6O3. The third-order valence-corrected chi connectivity index (χ3v) is 6.09. The van der Waals surface area contributed by atoms with Crippen LogP contribution in [0.25, 0.3) is 22.3 Å². The second kappa shape index (κ2) is 9.48. The average molecular weight is 459 g/mol. The summed E-state index contributed by atoms with van der Waals surface area (Å²) in [6.45, 7) is 1.80. The van der Waals surface area contributed by atoms with E-state index in [4.69, 9.17) is 20.3 Å². The maximum Gasteiger partial charge on any atom is 0.255 e. The number of nitrogens with one attached hydrogen (secondary N) is 1. The molecule has 0 unspecified atom stereocenters. The molecule has 0 aliphatic carbocycles. The molecule has 1 saturated heterocycles. The van der Waals surface area contributed by atoms with Crippen LogP contribution in [0.1, 0.15) is 34.8 Å². The first-order valence-corrected chi connectivity index (χ1v) is 11.2. The van der Waals surface area contributed by atoms with E-state index in [1.807, 2.05) is 41.1 Å². The molecule has 1 fully saturated rings. The fourth-order valence-electron chi connectivity index (χ4n) is 4.27. The molecule has 9 nitrogen and oxygen atoms in total. The van der Waals surface area contributed by atoms with Gasteiger partial charge in [-0.15, -0.1) is 0 Å². The lowest BCUT2D eigenvalue weighted by Gasteiger charge is -2.22. The van der Waals surface area contributed by atoms with Crippen molar-refractivity contribution in [3.05, 3.63) is 66.0 Å². The minimum atomic E-state index is -0.187. The Hall–Kier alpha value is -3.98. The van der Waals surface area contributed by atoms with Gasteiger partial charge >= 0.3 is 0 Å². The number of methoxy groups -OCH3 is 1. The van der Waals surface area contributed by atoms with E-state index in [9.17, 15) is 4.79 Å². The summed E-state index contributed by atoms with van der Waals surface area (Å²) in [5.41, 5.74) is 10.1. The first-order chi connectivity index (χ1) is 16.7. The second-order valence-corrected chi connectivity index (χ2v) is 8.17. The molecular weight excluding hydrogens is 432 g/mol. The lowest BCUT2D eigenvalue weighted by atomic mass is 10.1. The number of anilines is 1. The van der Waals surface area contributed by atoms with Crippen LogP contribution in [0.5, 0.6) is 5.75 Å². The Bertz CT molecular complexity index is 1310. The Kier molecular flexibility index (Phi) is 6.09. The number of carbonyl (C=O) groups excluding carboxylic acids is 1. The molecule has 1 aliphatic heterocycles. The van der Waals surface area contributed by atoms with Crippen molar-refractivity contribution in [2.24, 2.45) is 0 Å². The monoisotopic (exact) mass is 458 g/mol. The molecule has 0 saturated carbocycles. The standard InChI is InChI=1S/C25H26N6O3/c1-33-20-5-3-2-4-19(20)25(32)27-14-16-6-8-17(9-7-16)22-21-23(26)28-15-29-24(21)31(30-22)18-10-12-34-13-11-18/h2-9,15,18H,10-14H2,1H3,(H,27,32)(H2,26,28,29). The van der Waals surface area contributed by atoms with E-state index in [1.165, 1.54) is 6.33 Å². The van der Waals surface area contributed by atoms with Crippen LogP contribution >= 0.6 is 0 Å². The number of nitrogen functional groups attached to an aromatic ring is 1. The summed E-state index contributed by atoms with van der Waals surface area (Å²) in [5, 5.41) is 8.60. The Morgan fingerprint density at radius 3 is 2.68 bits per heavy atom. The molecule has 0 atom stereocenters. The molecule has 2 aromatic heterocycles. The van der Waals surface area contributed by atoms with Gasteiger partial charge in [-0.05, 0) is 30.5 Å². The van der Waals surface area contributed by atoms with E-state index >= 15 is 0 Å². The highest BCUT2D eigenvalue weighted by molar-refractivity contribution is 5.98. The molecule has 0 radical (unpaired) electrons. The first kappa shape index (κ1) is 21.8. The SMILES string of the molecule is COc1ccccc1C(=O)NCc1ccc(-c2nn(C3CCOCC3)c3ncnc(N)c23)cc1. The van der Waals surface area contributed by atoms with Gasteiger partial charge in [0.25, 0.3) is 5.91 Å². The number of nitrogens with two attached hydrogens (primary N) is 1. The predicted molar refractivity (Wildman–Crippen MR) is 128 cm³/mol. The number of ether oxygens (including phenoxy) is 2. The number of hydrogen-bond acceptors (Lipinski definition) is 7. The summed E-state index contributed by atoms with van der Waals surface area (Å²) in [7, 11) is 1.55. The summed E-state index contributed by atoms with van der Waals surface area (Å²) in [5.74, 6) is 0.765. The smallest absolute Gasteiger partial charge is 0.255 e. The minimum absolute atomic E-state index is 0.187. The number of para-hydroxylation sites is 1. The van der Waals surface area contributed by atoms with Crippen LogP contribution in [0.4, 0.5) is 5.82 Å². The van der Waals surface area contributed by atoms with Gasteiger partial charge in [-0.1, -0.05) is 36.4 Å². The van der Waals surface area contributed by atoms with Gasteiger partial charge in [0.05, 0.1) is 24.1 Å². The van der Waals surface area contributed by atoms with Crippen molar-refractivity contribution in [3.63, 3.8) is 0 Å². The third-order valence-electron chi connectivity index (χ3n) is 6.09. The highest BCUT2D eigenvalue weighted by Gasteiger charge is 2.24.